The van der Waals surface area contributed by atoms with Crippen molar-refractivity contribution >= 4 is 12.1 Å². The molecule has 0 unspecified atom stereocenters. The van der Waals surface area contributed by atoms with Crippen molar-refractivity contribution in [2.45, 2.75) is 39.2 Å². The van der Waals surface area contributed by atoms with E-state index < -0.39 is 0 Å². The van der Waals surface area contributed by atoms with Crippen LogP contribution in [0.25, 0.3) is 0 Å². The van der Waals surface area contributed by atoms with Crippen molar-refractivity contribution < 1.29 is 9.53 Å². The second kappa shape index (κ2) is 6.65. The zero-order chi connectivity index (χ0) is 16.2. The summed E-state index contributed by atoms with van der Waals surface area (Å²) < 4.78 is 5.69. The average molecular weight is 297 g/mol. The first-order valence-electron chi connectivity index (χ1n) is 7.51. The number of anilines is 1. The molecule has 3 heteroatoms. The fraction of sp³-hybridized carbons (Fsp3) is 0.316. The molecule has 2 aromatic carbocycles. The number of carbonyl (C=O) groups is 1. The first-order chi connectivity index (χ1) is 10.4. The maximum absolute atomic E-state index is 10.5. The predicted molar refractivity (Wildman–Crippen MR) is 90.5 cm³/mol. The molecule has 0 aliphatic carbocycles. The van der Waals surface area contributed by atoms with Crippen molar-refractivity contribution in [2.24, 2.45) is 0 Å². The van der Waals surface area contributed by atoms with Gasteiger partial charge in [0, 0.05) is 11.1 Å². The lowest BCUT2D eigenvalue weighted by atomic mass is 9.78. The molecule has 1 N–H and O–H groups in total. The summed E-state index contributed by atoms with van der Waals surface area (Å²) in [6.07, 6.45) is 0.866. The fourth-order valence-corrected chi connectivity index (χ4v) is 2.44. The van der Waals surface area contributed by atoms with Crippen molar-refractivity contribution in [2.75, 3.05) is 5.32 Å². The largest absolute Gasteiger partial charge is 0.491 e. The summed E-state index contributed by atoms with van der Waals surface area (Å²) in [5, 5.41) is 2.65. The minimum absolute atomic E-state index is 0.115. The Morgan fingerprint density at radius 1 is 0.955 bits per heavy atom. The molecule has 2 aromatic rings. The Balaban J connectivity index is 2.23. The third-order valence-electron chi connectivity index (χ3n) is 3.78. The van der Waals surface area contributed by atoms with Crippen LogP contribution in [0.2, 0.25) is 0 Å². The molecular formula is C19H23NO2. The molecule has 0 saturated carbocycles. The lowest BCUT2D eigenvalue weighted by molar-refractivity contribution is -0.105. The lowest BCUT2D eigenvalue weighted by Crippen LogP contribution is -2.18. The van der Waals surface area contributed by atoms with E-state index >= 15 is 0 Å². The summed E-state index contributed by atoms with van der Waals surface area (Å²) in [5.41, 5.74) is 3.10. The smallest absolute Gasteiger partial charge is 0.211 e. The molecule has 0 bridgehead atoms. The number of carbonyl (C=O) groups excluding carboxylic acids is 1. The van der Waals surface area contributed by atoms with E-state index in [-0.39, 0.29) is 11.5 Å². The first kappa shape index (κ1) is 16.1. The quantitative estimate of drug-likeness (QED) is 0.804. The monoisotopic (exact) mass is 297 g/mol. The summed E-state index contributed by atoms with van der Waals surface area (Å²) in [4.78, 5) is 10.5. The highest BCUT2D eigenvalue weighted by atomic mass is 16.5. The van der Waals surface area contributed by atoms with Crippen molar-refractivity contribution in [1.29, 1.82) is 0 Å². The minimum Gasteiger partial charge on any atom is -0.491 e. The molecule has 0 aromatic heterocycles. The SMILES string of the molecule is CC(C)Oc1ccc(C(C)(C)c2ccc(NC=O)cc2)cc1. The van der Waals surface area contributed by atoms with Gasteiger partial charge >= 0.3 is 0 Å². The Morgan fingerprint density at radius 2 is 1.45 bits per heavy atom. The number of rotatable bonds is 6. The average Bonchev–Trinajstić information content (AvgIpc) is 2.48. The highest BCUT2D eigenvalue weighted by Gasteiger charge is 2.23. The van der Waals surface area contributed by atoms with Gasteiger partial charge in [0.15, 0.2) is 0 Å². The second-order valence-corrected chi connectivity index (χ2v) is 6.16. The van der Waals surface area contributed by atoms with Crippen LogP contribution in [0, 0.1) is 0 Å². The summed E-state index contributed by atoms with van der Waals surface area (Å²) in [6, 6.07) is 16.2. The zero-order valence-electron chi connectivity index (χ0n) is 13.6. The number of hydrogen-bond donors (Lipinski definition) is 1. The van der Waals surface area contributed by atoms with Crippen LogP contribution in [0.15, 0.2) is 48.5 Å². The molecule has 0 atom stereocenters. The normalized spacial score (nSPS) is 11.3. The summed E-state index contributed by atoms with van der Waals surface area (Å²) >= 11 is 0. The van der Waals surface area contributed by atoms with Crippen molar-refractivity contribution in [3.63, 3.8) is 0 Å². The van der Waals surface area contributed by atoms with E-state index in [0.717, 1.165) is 11.4 Å². The van der Waals surface area contributed by atoms with Gasteiger partial charge in [0.05, 0.1) is 6.10 Å². The van der Waals surface area contributed by atoms with Gasteiger partial charge in [-0.25, -0.2) is 0 Å². The Labute approximate surface area is 132 Å². The second-order valence-electron chi connectivity index (χ2n) is 6.16. The molecule has 0 aliphatic heterocycles. The molecule has 0 radical (unpaired) electrons. The van der Waals surface area contributed by atoms with Gasteiger partial charge in [-0.05, 0) is 49.2 Å². The van der Waals surface area contributed by atoms with Gasteiger partial charge in [-0.1, -0.05) is 38.1 Å². The molecule has 0 saturated heterocycles. The summed E-state index contributed by atoms with van der Waals surface area (Å²) in [6.45, 7) is 8.42. The maximum atomic E-state index is 10.5. The summed E-state index contributed by atoms with van der Waals surface area (Å²) in [7, 11) is 0. The van der Waals surface area contributed by atoms with E-state index in [2.05, 4.69) is 31.3 Å². The molecule has 2 rings (SSSR count). The number of nitrogens with one attached hydrogen (secondary N) is 1. The van der Waals surface area contributed by atoms with E-state index in [9.17, 15) is 4.79 Å². The highest BCUT2D eigenvalue weighted by Crippen LogP contribution is 2.33. The van der Waals surface area contributed by atoms with Crippen LogP contribution < -0.4 is 10.1 Å². The van der Waals surface area contributed by atoms with Crippen LogP contribution in [0.5, 0.6) is 5.75 Å². The highest BCUT2D eigenvalue weighted by molar-refractivity contribution is 5.71. The van der Waals surface area contributed by atoms with Gasteiger partial charge in [-0.15, -0.1) is 0 Å². The predicted octanol–water partition coefficient (Wildman–Crippen LogP) is 4.37. The van der Waals surface area contributed by atoms with Gasteiger partial charge in [-0.2, -0.15) is 0 Å². The van der Waals surface area contributed by atoms with Crippen molar-refractivity contribution in [1.82, 2.24) is 0 Å². The minimum atomic E-state index is -0.115. The zero-order valence-corrected chi connectivity index (χ0v) is 13.6. The third-order valence-corrected chi connectivity index (χ3v) is 3.78. The van der Waals surface area contributed by atoms with Crippen LogP contribution in [-0.4, -0.2) is 12.5 Å². The van der Waals surface area contributed by atoms with Crippen LogP contribution >= 0.6 is 0 Å². The molecule has 0 fully saturated rings. The van der Waals surface area contributed by atoms with Gasteiger partial charge in [-0.3, -0.25) is 4.79 Å². The van der Waals surface area contributed by atoms with E-state index in [1.165, 1.54) is 11.1 Å². The molecule has 1 amide bonds. The lowest BCUT2D eigenvalue weighted by Gasteiger charge is -2.26. The topological polar surface area (TPSA) is 38.3 Å². The molecule has 0 spiro atoms. The Bertz CT molecular complexity index is 613. The van der Waals surface area contributed by atoms with E-state index in [4.69, 9.17) is 4.74 Å². The van der Waals surface area contributed by atoms with E-state index in [1.54, 1.807) is 0 Å². The molecule has 22 heavy (non-hydrogen) atoms. The standard InChI is InChI=1S/C19H23NO2/c1-14(2)22-18-11-7-16(8-12-18)19(3,4)15-5-9-17(10-6-15)20-13-21/h5-14H,1-4H3,(H,20,21). The molecule has 3 nitrogen and oxygen atoms in total. The van der Waals surface area contributed by atoms with Crippen LogP contribution in [0.3, 0.4) is 0 Å². The van der Waals surface area contributed by atoms with E-state index in [1.807, 2.05) is 50.2 Å². The van der Waals surface area contributed by atoms with Crippen LogP contribution in [0.4, 0.5) is 5.69 Å². The molecule has 116 valence electrons. The molecular weight excluding hydrogens is 274 g/mol. The van der Waals surface area contributed by atoms with Crippen molar-refractivity contribution in [3.8, 4) is 5.75 Å². The number of amides is 1. The third kappa shape index (κ3) is 3.67. The van der Waals surface area contributed by atoms with Gasteiger partial charge in [0.2, 0.25) is 6.41 Å². The number of benzene rings is 2. The van der Waals surface area contributed by atoms with Gasteiger partial charge in [0.1, 0.15) is 5.75 Å². The fourth-order valence-electron chi connectivity index (χ4n) is 2.44. The summed E-state index contributed by atoms with van der Waals surface area (Å²) in [5.74, 6) is 0.889. The Hall–Kier alpha value is -2.29. The van der Waals surface area contributed by atoms with E-state index in [0.29, 0.717) is 6.41 Å². The maximum Gasteiger partial charge on any atom is 0.211 e. The van der Waals surface area contributed by atoms with Gasteiger partial charge in [0.25, 0.3) is 0 Å². The molecule has 0 heterocycles. The van der Waals surface area contributed by atoms with Crippen molar-refractivity contribution in [3.05, 3.63) is 59.7 Å². The van der Waals surface area contributed by atoms with Crippen LogP contribution in [0.1, 0.15) is 38.8 Å². The number of hydrogen-bond acceptors (Lipinski definition) is 2. The number of ether oxygens (including phenoxy) is 1. The van der Waals surface area contributed by atoms with Crippen LogP contribution in [-0.2, 0) is 10.2 Å². The first-order valence-corrected chi connectivity index (χ1v) is 7.51. The molecule has 0 aliphatic rings. The van der Waals surface area contributed by atoms with Gasteiger partial charge < -0.3 is 10.1 Å². The Morgan fingerprint density at radius 3 is 1.91 bits per heavy atom. The Kier molecular flexibility index (Phi) is 4.86.